The highest BCUT2D eigenvalue weighted by Gasteiger charge is 2.22. The van der Waals surface area contributed by atoms with Crippen LogP contribution in [-0.4, -0.2) is 73.5 Å². The number of hydrogen-bond donors (Lipinski definition) is 1. The number of carbonyl (C=O) groups is 1. The van der Waals surface area contributed by atoms with Gasteiger partial charge in [-0.3, -0.25) is 9.63 Å². The summed E-state index contributed by atoms with van der Waals surface area (Å²) in [5.74, 6) is -0.959. The number of allylic oxidation sites excluding steroid dienone is 1. The summed E-state index contributed by atoms with van der Waals surface area (Å²) in [7, 11) is 1.99. The predicted molar refractivity (Wildman–Crippen MR) is 121 cm³/mol. The maximum absolute atomic E-state index is 14.1. The maximum Gasteiger partial charge on any atom is 0.277 e. The van der Waals surface area contributed by atoms with Crippen LogP contribution in [0.2, 0.25) is 0 Å². The first kappa shape index (κ1) is 24.5. The van der Waals surface area contributed by atoms with E-state index >= 15 is 0 Å². The van der Waals surface area contributed by atoms with Crippen molar-refractivity contribution in [3.05, 3.63) is 53.9 Å². The molecule has 2 N–H and O–H groups in total. The molecule has 10 nitrogen and oxygen atoms in total. The second-order valence-corrected chi connectivity index (χ2v) is 9.48. The number of carbonyl (C=O) groups excluding carboxylic acids is 1. The molecule has 3 rings (SSSR count). The first-order valence-electron chi connectivity index (χ1n) is 9.87. The second kappa shape index (κ2) is 9.75. The molecule has 0 aliphatic carbocycles. The molecule has 0 bridgehead atoms. The van der Waals surface area contributed by atoms with E-state index in [1.165, 1.54) is 57.2 Å². The minimum Gasteiger partial charge on any atom is -0.327 e. The van der Waals surface area contributed by atoms with Crippen LogP contribution in [0.4, 0.5) is 4.39 Å². The Morgan fingerprint density at radius 3 is 2.61 bits per heavy atom. The molecule has 33 heavy (non-hydrogen) atoms. The molecule has 3 aromatic rings. The Balaban J connectivity index is 2.26. The lowest BCUT2D eigenvalue weighted by Gasteiger charge is -2.15. The minimum atomic E-state index is -3.69. The molecular weight excluding hydrogens is 451 g/mol. The van der Waals surface area contributed by atoms with Gasteiger partial charge in [0, 0.05) is 38.8 Å². The monoisotopic (exact) mass is 476 g/mol. The van der Waals surface area contributed by atoms with Crippen LogP contribution < -0.4 is 5.73 Å². The van der Waals surface area contributed by atoms with Gasteiger partial charge in [0.1, 0.15) is 11.3 Å². The van der Waals surface area contributed by atoms with Crippen LogP contribution in [0.25, 0.3) is 22.2 Å². The SMILES string of the molecule is CON(C)C(=O)c1cc(-c2cccc(S(=O)(=O)N(C)C)c2)c2nnn(C/C(F)=C/CN)c2c1. The Bertz CT molecular complexity index is 1320. The molecule has 1 aromatic heterocycles. The zero-order valence-corrected chi connectivity index (χ0v) is 19.5. The maximum atomic E-state index is 14.1. The Morgan fingerprint density at radius 2 is 1.97 bits per heavy atom. The first-order chi connectivity index (χ1) is 15.6. The van der Waals surface area contributed by atoms with E-state index < -0.39 is 21.8 Å². The van der Waals surface area contributed by atoms with Gasteiger partial charge in [-0.25, -0.2) is 26.9 Å². The van der Waals surface area contributed by atoms with Gasteiger partial charge >= 0.3 is 0 Å². The highest BCUT2D eigenvalue weighted by Crippen LogP contribution is 2.31. The number of benzene rings is 2. The molecule has 1 heterocycles. The summed E-state index contributed by atoms with van der Waals surface area (Å²) in [5.41, 5.74) is 7.34. The Labute approximate surface area is 191 Å². The van der Waals surface area contributed by atoms with Gasteiger partial charge in [-0.05, 0) is 35.9 Å². The van der Waals surface area contributed by atoms with E-state index in [1.54, 1.807) is 18.2 Å². The van der Waals surface area contributed by atoms with Crippen molar-refractivity contribution in [2.75, 3.05) is 34.8 Å². The van der Waals surface area contributed by atoms with Crippen LogP contribution in [0.3, 0.4) is 0 Å². The number of rotatable bonds is 8. The molecule has 0 aliphatic rings. The molecule has 176 valence electrons. The molecule has 0 unspecified atom stereocenters. The smallest absolute Gasteiger partial charge is 0.277 e. The summed E-state index contributed by atoms with van der Waals surface area (Å²) in [4.78, 5) is 17.9. The summed E-state index contributed by atoms with van der Waals surface area (Å²) in [5, 5.41) is 9.25. The van der Waals surface area contributed by atoms with Crippen LogP contribution in [0.5, 0.6) is 0 Å². The number of amides is 1. The average Bonchev–Trinajstić information content (AvgIpc) is 3.20. The standard InChI is InChI=1S/C21H25FN6O4S/c1-26(2)33(30,31)17-7-5-6-14(10-17)18-11-15(21(29)27(3)32-4)12-19-20(18)24-25-28(19)13-16(22)8-9-23/h5-8,10-12H,9,13,23H2,1-4H3/b16-8-. The van der Waals surface area contributed by atoms with Gasteiger partial charge in [-0.2, -0.15) is 0 Å². The van der Waals surface area contributed by atoms with Crippen molar-refractivity contribution in [3.63, 3.8) is 0 Å². The van der Waals surface area contributed by atoms with Crippen LogP contribution in [0.15, 0.2) is 53.2 Å². The number of fused-ring (bicyclic) bond motifs is 1. The molecule has 0 fully saturated rings. The van der Waals surface area contributed by atoms with E-state index in [0.717, 1.165) is 9.37 Å². The molecular formula is C21H25FN6O4S. The molecule has 0 saturated carbocycles. The van der Waals surface area contributed by atoms with Gasteiger partial charge in [0.15, 0.2) is 0 Å². The average molecular weight is 477 g/mol. The molecule has 0 radical (unpaired) electrons. The summed E-state index contributed by atoms with van der Waals surface area (Å²) in [6.45, 7) is -0.195. The number of hydrogen-bond acceptors (Lipinski definition) is 7. The molecule has 2 aromatic carbocycles. The zero-order valence-electron chi connectivity index (χ0n) is 18.7. The fourth-order valence-corrected chi connectivity index (χ4v) is 4.11. The normalized spacial score (nSPS) is 12.5. The van der Waals surface area contributed by atoms with E-state index in [1.807, 2.05) is 0 Å². The minimum absolute atomic E-state index is 0.0270. The van der Waals surface area contributed by atoms with Crippen molar-refractivity contribution in [3.8, 4) is 11.1 Å². The van der Waals surface area contributed by atoms with Gasteiger partial charge in [0.05, 0.1) is 24.1 Å². The fraction of sp³-hybridized carbons (Fsp3) is 0.286. The number of sulfonamides is 1. The number of hydroxylamine groups is 2. The summed E-state index contributed by atoms with van der Waals surface area (Å²) < 4.78 is 41.8. The topological polar surface area (TPSA) is 124 Å². The third-order valence-electron chi connectivity index (χ3n) is 4.99. The van der Waals surface area contributed by atoms with E-state index in [2.05, 4.69) is 10.3 Å². The van der Waals surface area contributed by atoms with E-state index in [-0.39, 0.29) is 23.5 Å². The number of aromatic nitrogens is 3. The van der Waals surface area contributed by atoms with Gasteiger partial charge in [0.2, 0.25) is 10.0 Å². The summed E-state index contributed by atoms with van der Waals surface area (Å²) in [6.07, 6.45) is 1.22. The lowest BCUT2D eigenvalue weighted by Crippen LogP contribution is -2.25. The highest BCUT2D eigenvalue weighted by atomic mass is 32.2. The zero-order chi connectivity index (χ0) is 24.3. The predicted octanol–water partition coefficient (Wildman–Crippen LogP) is 1.79. The number of halogens is 1. The largest absolute Gasteiger partial charge is 0.327 e. The van der Waals surface area contributed by atoms with Crippen LogP contribution in [-0.2, 0) is 21.4 Å². The van der Waals surface area contributed by atoms with Crippen molar-refractivity contribution in [2.45, 2.75) is 11.4 Å². The molecule has 12 heteroatoms. The van der Waals surface area contributed by atoms with Gasteiger partial charge < -0.3 is 5.73 Å². The van der Waals surface area contributed by atoms with Crippen molar-refractivity contribution in [1.29, 1.82) is 0 Å². The lowest BCUT2D eigenvalue weighted by atomic mass is 10.0. The van der Waals surface area contributed by atoms with E-state index in [0.29, 0.717) is 22.2 Å². The fourth-order valence-electron chi connectivity index (χ4n) is 3.16. The molecule has 0 atom stereocenters. The number of nitrogens with zero attached hydrogens (tertiary/aromatic N) is 5. The molecule has 0 spiro atoms. The van der Waals surface area contributed by atoms with Gasteiger partial charge in [0.25, 0.3) is 5.91 Å². The lowest BCUT2D eigenvalue weighted by molar-refractivity contribution is -0.0756. The Kier molecular flexibility index (Phi) is 7.22. The molecule has 0 saturated heterocycles. The van der Waals surface area contributed by atoms with Crippen molar-refractivity contribution >= 4 is 27.0 Å². The van der Waals surface area contributed by atoms with Crippen LogP contribution in [0.1, 0.15) is 10.4 Å². The summed E-state index contributed by atoms with van der Waals surface area (Å²) >= 11 is 0. The van der Waals surface area contributed by atoms with E-state index in [9.17, 15) is 17.6 Å². The van der Waals surface area contributed by atoms with E-state index in [4.69, 9.17) is 10.6 Å². The molecule has 0 aliphatic heterocycles. The van der Waals surface area contributed by atoms with Crippen molar-refractivity contribution < 1.29 is 22.4 Å². The second-order valence-electron chi connectivity index (χ2n) is 7.33. The van der Waals surface area contributed by atoms with Crippen LogP contribution in [0, 0.1) is 0 Å². The Morgan fingerprint density at radius 1 is 1.24 bits per heavy atom. The molecule has 1 amide bonds. The van der Waals surface area contributed by atoms with Crippen molar-refractivity contribution in [1.82, 2.24) is 24.4 Å². The number of nitrogens with two attached hydrogens (primary N) is 1. The summed E-state index contributed by atoms with van der Waals surface area (Å²) in [6, 6.07) is 9.38. The third-order valence-corrected chi connectivity index (χ3v) is 6.80. The van der Waals surface area contributed by atoms with Gasteiger partial charge in [-0.15, -0.1) is 5.10 Å². The Hall–Kier alpha value is -3.19. The third kappa shape index (κ3) is 4.93. The van der Waals surface area contributed by atoms with Crippen molar-refractivity contribution in [2.24, 2.45) is 5.73 Å². The van der Waals surface area contributed by atoms with Crippen LogP contribution >= 0.6 is 0 Å². The quantitative estimate of drug-likeness (QED) is 0.492. The van der Waals surface area contributed by atoms with Gasteiger partial charge in [-0.1, -0.05) is 17.3 Å². The highest BCUT2D eigenvalue weighted by molar-refractivity contribution is 7.89. The first-order valence-corrected chi connectivity index (χ1v) is 11.3.